The number of aliphatic hydroxyl groups is 2. The van der Waals surface area contributed by atoms with Crippen LogP contribution in [-0.4, -0.2) is 53.6 Å². The van der Waals surface area contributed by atoms with E-state index >= 15 is 0 Å². The molecule has 0 spiro atoms. The van der Waals surface area contributed by atoms with Crippen LogP contribution < -0.4 is 0 Å². The Morgan fingerprint density at radius 1 is 0.774 bits per heavy atom. The minimum absolute atomic E-state index is 0.0294. The van der Waals surface area contributed by atoms with Crippen LogP contribution in [0.25, 0.3) is 0 Å². The SMILES string of the molecule is CC1(C)O[C@H]([C@H](O)COCc2ccc(Cl)cc2)[C@@H]([C@H](O)COCc2ccc(Cl)cc2)O1. The van der Waals surface area contributed by atoms with Crippen LogP contribution in [0.15, 0.2) is 48.5 Å². The molecule has 4 atom stereocenters. The molecule has 0 unspecified atom stereocenters. The Labute approximate surface area is 192 Å². The molecular formula is C23H28Cl2O6. The second-order valence-electron chi connectivity index (χ2n) is 7.98. The van der Waals surface area contributed by atoms with Gasteiger partial charge in [0.25, 0.3) is 0 Å². The van der Waals surface area contributed by atoms with Crippen molar-refractivity contribution in [1.82, 2.24) is 0 Å². The van der Waals surface area contributed by atoms with Gasteiger partial charge in [-0.25, -0.2) is 0 Å². The van der Waals surface area contributed by atoms with Gasteiger partial charge in [-0.2, -0.15) is 0 Å². The average molecular weight is 471 g/mol. The molecule has 0 saturated carbocycles. The van der Waals surface area contributed by atoms with Gasteiger partial charge >= 0.3 is 0 Å². The molecule has 0 radical (unpaired) electrons. The summed E-state index contributed by atoms with van der Waals surface area (Å²) in [6, 6.07) is 14.6. The van der Waals surface area contributed by atoms with E-state index in [2.05, 4.69) is 0 Å². The minimum atomic E-state index is -0.981. The lowest BCUT2D eigenvalue weighted by molar-refractivity contribution is -0.165. The number of hydrogen-bond donors (Lipinski definition) is 2. The van der Waals surface area contributed by atoms with Crippen molar-refractivity contribution in [3.63, 3.8) is 0 Å². The van der Waals surface area contributed by atoms with Crippen molar-refractivity contribution >= 4 is 23.2 Å². The van der Waals surface area contributed by atoms with Gasteiger partial charge < -0.3 is 29.2 Å². The Morgan fingerprint density at radius 3 is 1.48 bits per heavy atom. The fraction of sp³-hybridized carbons (Fsp3) is 0.478. The molecule has 0 aromatic heterocycles. The minimum Gasteiger partial charge on any atom is -0.388 e. The van der Waals surface area contributed by atoms with Crippen LogP contribution in [0.1, 0.15) is 25.0 Å². The third-order valence-corrected chi connectivity index (χ3v) is 5.37. The second kappa shape index (κ2) is 11.1. The summed E-state index contributed by atoms with van der Waals surface area (Å²) < 4.78 is 22.9. The van der Waals surface area contributed by atoms with Crippen LogP contribution in [0, 0.1) is 0 Å². The summed E-state index contributed by atoms with van der Waals surface area (Å²) in [4.78, 5) is 0. The van der Waals surface area contributed by atoms with Crippen molar-refractivity contribution in [1.29, 1.82) is 0 Å². The van der Waals surface area contributed by atoms with Gasteiger partial charge in [-0.15, -0.1) is 0 Å². The first-order valence-electron chi connectivity index (χ1n) is 10.1. The molecule has 0 amide bonds. The maximum absolute atomic E-state index is 10.6. The molecular weight excluding hydrogens is 443 g/mol. The summed E-state index contributed by atoms with van der Waals surface area (Å²) in [5, 5.41) is 22.6. The smallest absolute Gasteiger partial charge is 0.164 e. The molecule has 2 N–H and O–H groups in total. The molecule has 31 heavy (non-hydrogen) atoms. The number of hydrogen-bond acceptors (Lipinski definition) is 6. The number of ether oxygens (including phenoxy) is 4. The summed E-state index contributed by atoms with van der Waals surface area (Å²) in [5.74, 6) is -0.941. The van der Waals surface area contributed by atoms with Crippen LogP contribution >= 0.6 is 23.2 Å². The van der Waals surface area contributed by atoms with E-state index in [4.69, 9.17) is 42.1 Å². The Morgan fingerprint density at radius 2 is 1.13 bits per heavy atom. The van der Waals surface area contributed by atoms with E-state index in [0.29, 0.717) is 23.3 Å². The highest BCUT2D eigenvalue weighted by atomic mass is 35.5. The van der Waals surface area contributed by atoms with Crippen molar-refractivity contribution in [2.75, 3.05) is 13.2 Å². The Hall–Kier alpha value is -1.22. The fourth-order valence-electron chi connectivity index (χ4n) is 3.36. The van der Waals surface area contributed by atoms with Crippen molar-refractivity contribution in [3.8, 4) is 0 Å². The molecule has 1 aliphatic heterocycles. The van der Waals surface area contributed by atoms with Gasteiger partial charge in [-0.1, -0.05) is 47.5 Å². The van der Waals surface area contributed by atoms with E-state index in [1.807, 2.05) is 24.3 Å². The van der Waals surface area contributed by atoms with Crippen LogP contribution in [0.3, 0.4) is 0 Å². The average Bonchev–Trinajstić information content (AvgIpc) is 3.06. The van der Waals surface area contributed by atoms with Crippen LogP contribution in [0.2, 0.25) is 10.0 Å². The van der Waals surface area contributed by atoms with Crippen molar-refractivity contribution in [2.24, 2.45) is 0 Å². The standard InChI is InChI=1S/C23H28Cl2O6/c1-23(2)30-21(19(26)13-28-11-15-3-7-17(24)8-4-15)22(31-23)20(27)14-29-12-16-5-9-18(25)10-6-16/h3-10,19-22,26-27H,11-14H2,1-2H3/t19-,20-,21-,22-/m1/s1. The molecule has 2 aromatic rings. The summed E-state index contributed by atoms with van der Waals surface area (Å²) in [7, 11) is 0. The van der Waals surface area contributed by atoms with Gasteiger partial charge in [0, 0.05) is 10.0 Å². The predicted octanol–water partition coefficient (Wildman–Crippen LogP) is 3.97. The topological polar surface area (TPSA) is 77.4 Å². The summed E-state index contributed by atoms with van der Waals surface area (Å²) >= 11 is 11.8. The number of benzene rings is 2. The van der Waals surface area contributed by atoms with E-state index in [9.17, 15) is 10.2 Å². The zero-order valence-corrected chi connectivity index (χ0v) is 19.1. The highest BCUT2D eigenvalue weighted by Gasteiger charge is 2.48. The molecule has 1 heterocycles. The maximum Gasteiger partial charge on any atom is 0.164 e. The van der Waals surface area contributed by atoms with Crippen molar-refractivity contribution in [3.05, 3.63) is 69.7 Å². The van der Waals surface area contributed by atoms with E-state index in [0.717, 1.165) is 11.1 Å². The molecule has 6 nitrogen and oxygen atoms in total. The predicted molar refractivity (Wildman–Crippen MR) is 118 cm³/mol. The van der Waals surface area contributed by atoms with Gasteiger partial charge in [-0.3, -0.25) is 0 Å². The molecule has 1 saturated heterocycles. The normalized spacial score (nSPS) is 22.4. The van der Waals surface area contributed by atoms with Crippen molar-refractivity contribution < 1.29 is 29.2 Å². The summed E-state index contributed by atoms with van der Waals surface area (Å²) in [6.45, 7) is 4.18. The van der Waals surface area contributed by atoms with Gasteiger partial charge in [0.1, 0.15) is 24.4 Å². The van der Waals surface area contributed by atoms with Crippen LogP contribution in [-0.2, 0) is 32.2 Å². The van der Waals surface area contributed by atoms with Gasteiger partial charge in [0.15, 0.2) is 5.79 Å². The number of rotatable bonds is 10. The Bertz CT molecular complexity index is 744. The first kappa shape index (κ1) is 24.4. The second-order valence-corrected chi connectivity index (χ2v) is 8.86. The van der Waals surface area contributed by atoms with Crippen molar-refractivity contribution in [2.45, 2.75) is 57.3 Å². The largest absolute Gasteiger partial charge is 0.388 e. The third-order valence-electron chi connectivity index (χ3n) is 4.86. The Balaban J connectivity index is 1.50. The van der Waals surface area contributed by atoms with E-state index in [1.54, 1.807) is 38.1 Å². The lowest BCUT2D eigenvalue weighted by atomic mass is 10.0. The molecule has 1 fully saturated rings. The highest BCUT2D eigenvalue weighted by Crippen LogP contribution is 2.32. The first-order chi connectivity index (χ1) is 14.7. The Kier molecular flexibility index (Phi) is 8.73. The fourth-order valence-corrected chi connectivity index (χ4v) is 3.61. The van der Waals surface area contributed by atoms with E-state index in [-0.39, 0.29) is 13.2 Å². The lowest BCUT2D eigenvalue weighted by Crippen LogP contribution is -2.45. The molecule has 1 aliphatic rings. The lowest BCUT2D eigenvalue weighted by Gasteiger charge is -2.25. The van der Waals surface area contributed by atoms with Gasteiger partial charge in [-0.05, 0) is 49.2 Å². The molecule has 0 aliphatic carbocycles. The number of halogens is 2. The quantitative estimate of drug-likeness (QED) is 0.546. The zero-order valence-electron chi connectivity index (χ0n) is 17.5. The third kappa shape index (κ3) is 7.41. The molecule has 3 rings (SSSR count). The molecule has 0 bridgehead atoms. The van der Waals surface area contributed by atoms with Crippen LogP contribution in [0.4, 0.5) is 0 Å². The first-order valence-corrected chi connectivity index (χ1v) is 10.9. The van der Waals surface area contributed by atoms with Gasteiger partial charge in [0.05, 0.1) is 26.4 Å². The maximum atomic E-state index is 10.6. The molecule has 8 heteroatoms. The van der Waals surface area contributed by atoms with Crippen LogP contribution in [0.5, 0.6) is 0 Å². The summed E-state index contributed by atoms with van der Waals surface area (Å²) in [6.07, 6.45) is -3.47. The highest BCUT2D eigenvalue weighted by molar-refractivity contribution is 6.30. The monoisotopic (exact) mass is 470 g/mol. The summed E-state index contributed by atoms with van der Waals surface area (Å²) in [5.41, 5.74) is 1.88. The van der Waals surface area contributed by atoms with Gasteiger partial charge in [0.2, 0.25) is 0 Å². The van der Waals surface area contributed by atoms with E-state index < -0.39 is 30.2 Å². The van der Waals surface area contributed by atoms with E-state index in [1.165, 1.54) is 0 Å². The number of aliphatic hydroxyl groups excluding tert-OH is 2. The zero-order chi connectivity index (χ0) is 22.4. The molecule has 2 aromatic carbocycles. The molecule has 170 valence electrons.